The molecule has 6 heteroatoms. The Morgan fingerprint density at radius 3 is 2.86 bits per heavy atom. The molecule has 1 fully saturated rings. The van der Waals surface area contributed by atoms with Gasteiger partial charge in [0.2, 0.25) is 5.82 Å². The van der Waals surface area contributed by atoms with Crippen LogP contribution in [0.4, 0.5) is 17.3 Å². The summed E-state index contributed by atoms with van der Waals surface area (Å²) in [6, 6.07) is 3.41. The second kappa shape index (κ2) is 6.28. The lowest BCUT2D eigenvalue weighted by atomic mass is 9.75. The standard InChI is InChI=1S/C15H24N4O2/c1-4-16-13-8-7-12(19(20)21)14(18-13)17-11-6-5-9-15(2,3)10-11/h7-8,11H,4-6,9-10H2,1-3H3,(H2,16,17,18). The monoisotopic (exact) mass is 292 g/mol. The number of pyridine rings is 1. The van der Waals surface area contributed by atoms with Crippen molar-refractivity contribution in [1.29, 1.82) is 0 Å². The van der Waals surface area contributed by atoms with Crippen molar-refractivity contribution >= 4 is 17.3 Å². The maximum absolute atomic E-state index is 11.2. The minimum Gasteiger partial charge on any atom is -0.370 e. The van der Waals surface area contributed by atoms with Crippen LogP contribution in [-0.4, -0.2) is 22.5 Å². The Labute approximate surface area is 125 Å². The van der Waals surface area contributed by atoms with Crippen LogP contribution in [0.25, 0.3) is 0 Å². The van der Waals surface area contributed by atoms with Gasteiger partial charge in [0.15, 0.2) is 0 Å². The third-order valence-electron chi connectivity index (χ3n) is 3.97. The molecule has 2 N–H and O–H groups in total. The fourth-order valence-corrected chi connectivity index (χ4v) is 3.00. The summed E-state index contributed by atoms with van der Waals surface area (Å²) in [6.07, 6.45) is 4.40. The van der Waals surface area contributed by atoms with Crippen LogP contribution in [0.5, 0.6) is 0 Å². The summed E-state index contributed by atoms with van der Waals surface area (Å²) in [6.45, 7) is 7.20. The van der Waals surface area contributed by atoms with Gasteiger partial charge in [-0.3, -0.25) is 10.1 Å². The number of rotatable bonds is 5. The van der Waals surface area contributed by atoms with Gasteiger partial charge in [-0.05, 0) is 37.7 Å². The zero-order valence-electron chi connectivity index (χ0n) is 13.0. The van der Waals surface area contributed by atoms with E-state index in [2.05, 4.69) is 29.5 Å². The average Bonchev–Trinajstić information content (AvgIpc) is 2.37. The van der Waals surface area contributed by atoms with Crippen molar-refractivity contribution in [1.82, 2.24) is 4.98 Å². The van der Waals surface area contributed by atoms with Gasteiger partial charge in [-0.25, -0.2) is 4.98 Å². The first-order valence-corrected chi connectivity index (χ1v) is 7.57. The Kier molecular flexibility index (Phi) is 4.65. The van der Waals surface area contributed by atoms with Crippen molar-refractivity contribution in [3.8, 4) is 0 Å². The average molecular weight is 292 g/mol. The Balaban J connectivity index is 2.20. The van der Waals surface area contributed by atoms with Crippen LogP contribution in [0, 0.1) is 15.5 Å². The van der Waals surface area contributed by atoms with Gasteiger partial charge < -0.3 is 10.6 Å². The lowest BCUT2D eigenvalue weighted by Crippen LogP contribution is -2.32. The minimum absolute atomic E-state index is 0.0417. The molecule has 0 aromatic carbocycles. The number of hydrogen-bond acceptors (Lipinski definition) is 5. The van der Waals surface area contributed by atoms with Crippen LogP contribution in [0.1, 0.15) is 46.5 Å². The van der Waals surface area contributed by atoms with E-state index in [0.717, 1.165) is 25.8 Å². The molecule has 6 nitrogen and oxygen atoms in total. The molecule has 0 amide bonds. The third kappa shape index (κ3) is 4.06. The van der Waals surface area contributed by atoms with Crippen LogP contribution in [-0.2, 0) is 0 Å². The molecule has 0 saturated heterocycles. The highest BCUT2D eigenvalue weighted by Gasteiger charge is 2.29. The Bertz CT molecular complexity index is 516. The van der Waals surface area contributed by atoms with Crippen molar-refractivity contribution in [2.45, 2.75) is 52.5 Å². The van der Waals surface area contributed by atoms with Crippen molar-refractivity contribution in [2.75, 3.05) is 17.2 Å². The van der Waals surface area contributed by atoms with Crippen molar-refractivity contribution < 1.29 is 4.92 Å². The van der Waals surface area contributed by atoms with E-state index in [1.165, 1.54) is 12.5 Å². The molecular formula is C15H24N4O2. The maximum atomic E-state index is 11.2. The van der Waals surface area contributed by atoms with E-state index in [9.17, 15) is 10.1 Å². The Hall–Kier alpha value is -1.85. The zero-order valence-corrected chi connectivity index (χ0v) is 13.0. The first-order chi connectivity index (χ1) is 9.91. The number of nitro groups is 1. The van der Waals surface area contributed by atoms with Gasteiger partial charge in [0.25, 0.3) is 0 Å². The van der Waals surface area contributed by atoms with Gasteiger partial charge in [0.05, 0.1) is 4.92 Å². The van der Waals surface area contributed by atoms with Gasteiger partial charge in [0, 0.05) is 18.7 Å². The van der Waals surface area contributed by atoms with Gasteiger partial charge in [-0.15, -0.1) is 0 Å². The summed E-state index contributed by atoms with van der Waals surface area (Å²) < 4.78 is 0. The van der Waals surface area contributed by atoms with E-state index < -0.39 is 0 Å². The molecule has 0 spiro atoms. The molecule has 1 aliphatic carbocycles. The summed E-state index contributed by atoms with van der Waals surface area (Å²) >= 11 is 0. The molecule has 0 bridgehead atoms. The molecule has 21 heavy (non-hydrogen) atoms. The second-order valence-corrected chi connectivity index (χ2v) is 6.45. The summed E-state index contributed by atoms with van der Waals surface area (Å²) in [5, 5.41) is 17.6. The first-order valence-electron chi connectivity index (χ1n) is 7.57. The van der Waals surface area contributed by atoms with E-state index in [1.54, 1.807) is 6.07 Å². The molecule has 1 atom stereocenters. The van der Waals surface area contributed by atoms with Crippen LogP contribution >= 0.6 is 0 Å². The van der Waals surface area contributed by atoms with E-state index in [0.29, 0.717) is 11.6 Å². The molecule has 116 valence electrons. The van der Waals surface area contributed by atoms with Gasteiger partial charge in [0.1, 0.15) is 5.82 Å². The Morgan fingerprint density at radius 1 is 1.48 bits per heavy atom. The highest BCUT2D eigenvalue weighted by Crippen LogP contribution is 2.37. The number of anilines is 2. The molecule has 1 heterocycles. The van der Waals surface area contributed by atoms with Crippen LogP contribution < -0.4 is 10.6 Å². The van der Waals surface area contributed by atoms with Gasteiger partial charge in [-0.1, -0.05) is 20.3 Å². The predicted octanol–water partition coefficient (Wildman–Crippen LogP) is 3.80. The topological polar surface area (TPSA) is 80.1 Å². The zero-order chi connectivity index (χ0) is 15.5. The molecule has 1 aromatic heterocycles. The molecule has 2 rings (SSSR count). The van der Waals surface area contributed by atoms with E-state index in [1.807, 2.05) is 6.92 Å². The van der Waals surface area contributed by atoms with Gasteiger partial charge in [-0.2, -0.15) is 0 Å². The fraction of sp³-hybridized carbons (Fsp3) is 0.667. The second-order valence-electron chi connectivity index (χ2n) is 6.45. The molecule has 1 saturated carbocycles. The predicted molar refractivity (Wildman–Crippen MR) is 84.7 cm³/mol. The summed E-state index contributed by atoms with van der Waals surface area (Å²) in [4.78, 5) is 15.2. The molecular weight excluding hydrogens is 268 g/mol. The molecule has 1 aromatic rings. The van der Waals surface area contributed by atoms with E-state index in [4.69, 9.17) is 0 Å². The summed E-state index contributed by atoms with van der Waals surface area (Å²) in [5.74, 6) is 1.04. The first kappa shape index (κ1) is 15.5. The highest BCUT2D eigenvalue weighted by atomic mass is 16.6. The summed E-state index contributed by atoms with van der Waals surface area (Å²) in [7, 11) is 0. The number of hydrogen-bond donors (Lipinski definition) is 2. The molecule has 0 radical (unpaired) electrons. The SMILES string of the molecule is CCNc1ccc([N+](=O)[O-])c(NC2CCCC(C)(C)C2)n1. The maximum Gasteiger partial charge on any atom is 0.311 e. The smallest absolute Gasteiger partial charge is 0.311 e. The lowest BCUT2D eigenvalue weighted by molar-refractivity contribution is -0.384. The number of nitrogens with zero attached hydrogens (tertiary/aromatic N) is 2. The van der Waals surface area contributed by atoms with Gasteiger partial charge >= 0.3 is 5.69 Å². The largest absolute Gasteiger partial charge is 0.370 e. The van der Waals surface area contributed by atoms with Crippen LogP contribution in [0.2, 0.25) is 0 Å². The number of aromatic nitrogens is 1. The molecule has 1 aliphatic rings. The molecule has 1 unspecified atom stereocenters. The van der Waals surface area contributed by atoms with E-state index >= 15 is 0 Å². The van der Waals surface area contributed by atoms with Crippen LogP contribution in [0.15, 0.2) is 12.1 Å². The summed E-state index contributed by atoms with van der Waals surface area (Å²) in [5.41, 5.74) is 0.323. The minimum atomic E-state index is -0.376. The third-order valence-corrected chi connectivity index (χ3v) is 3.97. The van der Waals surface area contributed by atoms with Crippen LogP contribution in [0.3, 0.4) is 0 Å². The normalized spacial score (nSPS) is 20.8. The van der Waals surface area contributed by atoms with Crippen molar-refractivity contribution in [3.05, 3.63) is 22.2 Å². The number of nitrogens with one attached hydrogen (secondary N) is 2. The molecule has 0 aliphatic heterocycles. The van der Waals surface area contributed by atoms with Crippen molar-refractivity contribution in [3.63, 3.8) is 0 Å². The van der Waals surface area contributed by atoms with E-state index in [-0.39, 0.29) is 22.1 Å². The lowest BCUT2D eigenvalue weighted by Gasteiger charge is -2.35. The highest BCUT2D eigenvalue weighted by molar-refractivity contribution is 5.60. The quantitative estimate of drug-likeness (QED) is 0.637. The fourth-order valence-electron chi connectivity index (χ4n) is 3.00. The van der Waals surface area contributed by atoms with Crippen molar-refractivity contribution in [2.24, 2.45) is 5.41 Å². The Morgan fingerprint density at radius 2 is 2.24 bits per heavy atom.